The minimum Gasteiger partial charge on any atom is -1.00 e. The summed E-state index contributed by atoms with van der Waals surface area (Å²) in [5, 5.41) is 0. The van der Waals surface area contributed by atoms with E-state index in [2.05, 4.69) is 7.05 Å². The Morgan fingerprint density at radius 3 is 2.56 bits per heavy atom. The molecule has 102 valence electrons. The van der Waals surface area contributed by atoms with Crippen molar-refractivity contribution in [3.05, 3.63) is 29.6 Å². The van der Waals surface area contributed by atoms with Crippen LogP contribution in [0.3, 0.4) is 0 Å². The third kappa shape index (κ3) is 3.95. The molecule has 4 heteroatoms. The van der Waals surface area contributed by atoms with Gasteiger partial charge in [0.25, 0.3) is 0 Å². The molecule has 1 aliphatic rings. The summed E-state index contributed by atoms with van der Waals surface area (Å²) in [6.45, 7) is 5.88. The first-order valence-corrected chi connectivity index (χ1v) is 6.32. The van der Waals surface area contributed by atoms with Crippen LogP contribution in [-0.2, 0) is 0 Å². The van der Waals surface area contributed by atoms with E-state index in [4.69, 9.17) is 4.74 Å². The molecule has 0 N–H and O–H groups in total. The highest BCUT2D eigenvalue weighted by Crippen LogP contribution is 2.19. The van der Waals surface area contributed by atoms with E-state index in [1.807, 2.05) is 13.0 Å². The van der Waals surface area contributed by atoms with E-state index in [-0.39, 0.29) is 22.8 Å². The summed E-state index contributed by atoms with van der Waals surface area (Å²) in [6, 6.07) is 5.11. The van der Waals surface area contributed by atoms with E-state index >= 15 is 0 Å². The summed E-state index contributed by atoms with van der Waals surface area (Å²) < 4.78 is 20.1. The summed E-state index contributed by atoms with van der Waals surface area (Å²) in [7, 11) is 2.25. The van der Waals surface area contributed by atoms with Gasteiger partial charge in [-0.15, -0.1) is 0 Å². The van der Waals surface area contributed by atoms with E-state index in [0.717, 1.165) is 16.6 Å². The van der Waals surface area contributed by atoms with Crippen molar-refractivity contribution < 1.29 is 30.6 Å². The lowest BCUT2D eigenvalue weighted by molar-refractivity contribution is -0.897. The zero-order chi connectivity index (χ0) is 12.3. The lowest BCUT2D eigenvalue weighted by Gasteiger charge is -2.28. The van der Waals surface area contributed by atoms with Gasteiger partial charge in [0.05, 0.1) is 20.1 Å². The summed E-state index contributed by atoms with van der Waals surface area (Å²) in [5.74, 6) is 0.121. The molecular weight excluding hydrogens is 297 g/mol. The average Bonchev–Trinajstić information content (AvgIpc) is 2.69. The predicted molar refractivity (Wildman–Crippen MR) is 66.7 cm³/mol. The Labute approximate surface area is 119 Å². The molecule has 18 heavy (non-hydrogen) atoms. The molecule has 1 aliphatic heterocycles. The molecule has 0 spiro atoms. The SMILES string of the molecule is Cc1ccc(OCC[N+]2(C)CCCC2)c(F)c1.[Br-]. The first-order valence-electron chi connectivity index (χ1n) is 6.32. The highest BCUT2D eigenvalue weighted by molar-refractivity contribution is 5.28. The molecule has 0 unspecified atom stereocenters. The molecular formula is C14H21BrFNO. The molecule has 2 rings (SSSR count). The van der Waals surface area contributed by atoms with Crippen LogP contribution in [0.1, 0.15) is 18.4 Å². The molecule has 0 atom stereocenters. The van der Waals surface area contributed by atoms with E-state index in [1.54, 1.807) is 6.07 Å². The number of likely N-dealkylation sites (tertiary alicyclic amines) is 1. The number of hydrogen-bond donors (Lipinski definition) is 0. The molecule has 0 bridgehead atoms. The van der Waals surface area contributed by atoms with Crippen molar-refractivity contribution in [1.29, 1.82) is 0 Å². The molecule has 1 aromatic carbocycles. The van der Waals surface area contributed by atoms with Crippen LogP contribution in [0.25, 0.3) is 0 Å². The van der Waals surface area contributed by atoms with Crippen LogP contribution >= 0.6 is 0 Å². The number of hydrogen-bond acceptors (Lipinski definition) is 1. The van der Waals surface area contributed by atoms with Gasteiger partial charge >= 0.3 is 0 Å². The van der Waals surface area contributed by atoms with Gasteiger partial charge in [-0.3, -0.25) is 0 Å². The highest BCUT2D eigenvalue weighted by atomic mass is 79.9. The number of rotatable bonds is 4. The Morgan fingerprint density at radius 1 is 1.28 bits per heavy atom. The molecule has 0 saturated carbocycles. The lowest BCUT2D eigenvalue weighted by Crippen LogP contribution is -3.00. The van der Waals surface area contributed by atoms with E-state index in [9.17, 15) is 4.39 Å². The molecule has 2 nitrogen and oxygen atoms in total. The van der Waals surface area contributed by atoms with Gasteiger partial charge < -0.3 is 26.2 Å². The monoisotopic (exact) mass is 317 g/mol. The van der Waals surface area contributed by atoms with Crippen molar-refractivity contribution in [3.63, 3.8) is 0 Å². The minimum absolute atomic E-state index is 0. The molecule has 0 amide bonds. The van der Waals surface area contributed by atoms with Crippen LogP contribution in [0.5, 0.6) is 5.75 Å². The average molecular weight is 318 g/mol. The quantitative estimate of drug-likeness (QED) is 0.696. The fraction of sp³-hybridized carbons (Fsp3) is 0.571. The van der Waals surface area contributed by atoms with Crippen molar-refractivity contribution in [2.24, 2.45) is 0 Å². The number of ether oxygens (including phenoxy) is 1. The lowest BCUT2D eigenvalue weighted by atomic mass is 10.2. The van der Waals surface area contributed by atoms with Crippen LogP contribution in [0.2, 0.25) is 0 Å². The molecule has 1 fully saturated rings. The summed E-state index contributed by atoms with van der Waals surface area (Å²) in [5.41, 5.74) is 0.924. The Kier molecular flexibility index (Phi) is 5.60. The van der Waals surface area contributed by atoms with E-state index in [0.29, 0.717) is 12.4 Å². The maximum atomic E-state index is 13.5. The smallest absolute Gasteiger partial charge is 0.165 e. The standard InChI is InChI=1S/C14H21FNO.BrH/c1-12-5-6-14(13(15)11-12)17-10-9-16(2)7-3-4-8-16;/h5-6,11H,3-4,7-10H2,1-2H3;1H/q+1;/p-1. The molecule has 0 aliphatic carbocycles. The van der Waals surface area contributed by atoms with Gasteiger partial charge in [0.1, 0.15) is 13.2 Å². The van der Waals surface area contributed by atoms with E-state index in [1.165, 1.54) is 32.0 Å². The second-order valence-electron chi connectivity index (χ2n) is 5.28. The van der Waals surface area contributed by atoms with Gasteiger partial charge in [0.15, 0.2) is 11.6 Å². The molecule has 1 saturated heterocycles. The number of benzene rings is 1. The topological polar surface area (TPSA) is 9.23 Å². The van der Waals surface area contributed by atoms with Gasteiger partial charge in [-0.1, -0.05) is 6.07 Å². The number of quaternary nitrogens is 1. The number of halogens is 2. The Hall–Kier alpha value is -0.610. The van der Waals surface area contributed by atoms with Crippen molar-refractivity contribution in [1.82, 2.24) is 0 Å². The summed E-state index contributed by atoms with van der Waals surface area (Å²) in [6.07, 6.45) is 2.60. The van der Waals surface area contributed by atoms with Crippen LogP contribution < -0.4 is 21.7 Å². The minimum atomic E-state index is -0.255. The Balaban J connectivity index is 0.00000162. The van der Waals surface area contributed by atoms with Crippen LogP contribution in [0.15, 0.2) is 18.2 Å². The summed E-state index contributed by atoms with van der Waals surface area (Å²) >= 11 is 0. The second-order valence-corrected chi connectivity index (χ2v) is 5.28. The highest BCUT2D eigenvalue weighted by Gasteiger charge is 2.26. The first kappa shape index (κ1) is 15.4. The largest absolute Gasteiger partial charge is 1.00 e. The zero-order valence-electron chi connectivity index (χ0n) is 11.1. The van der Waals surface area contributed by atoms with Crippen LogP contribution in [-0.4, -0.2) is 37.8 Å². The number of nitrogens with zero attached hydrogens (tertiary/aromatic N) is 1. The van der Waals surface area contributed by atoms with Gasteiger partial charge in [-0.25, -0.2) is 4.39 Å². The molecule has 1 aromatic rings. The summed E-state index contributed by atoms with van der Waals surface area (Å²) in [4.78, 5) is 0. The predicted octanol–water partition coefficient (Wildman–Crippen LogP) is -0.243. The van der Waals surface area contributed by atoms with E-state index < -0.39 is 0 Å². The van der Waals surface area contributed by atoms with Crippen molar-refractivity contribution in [3.8, 4) is 5.75 Å². The van der Waals surface area contributed by atoms with Crippen molar-refractivity contribution >= 4 is 0 Å². The van der Waals surface area contributed by atoms with Crippen molar-refractivity contribution in [2.75, 3.05) is 33.3 Å². The Bertz CT molecular complexity index is 391. The van der Waals surface area contributed by atoms with Crippen LogP contribution in [0.4, 0.5) is 4.39 Å². The molecule has 1 heterocycles. The fourth-order valence-electron chi connectivity index (χ4n) is 2.42. The first-order chi connectivity index (χ1) is 8.09. The van der Waals surface area contributed by atoms with Gasteiger partial charge in [-0.2, -0.15) is 0 Å². The maximum absolute atomic E-state index is 13.5. The molecule has 0 aromatic heterocycles. The maximum Gasteiger partial charge on any atom is 0.165 e. The normalized spacial score (nSPS) is 17.3. The van der Waals surface area contributed by atoms with Crippen LogP contribution in [0, 0.1) is 12.7 Å². The van der Waals surface area contributed by atoms with Crippen molar-refractivity contribution in [2.45, 2.75) is 19.8 Å². The number of aryl methyl sites for hydroxylation is 1. The number of likely N-dealkylation sites (N-methyl/N-ethyl adjacent to an activating group) is 1. The second kappa shape index (κ2) is 6.53. The molecule has 0 radical (unpaired) electrons. The fourth-order valence-corrected chi connectivity index (χ4v) is 2.42. The van der Waals surface area contributed by atoms with Gasteiger partial charge in [-0.05, 0) is 24.6 Å². The van der Waals surface area contributed by atoms with Gasteiger partial charge in [0.2, 0.25) is 0 Å². The third-order valence-corrected chi connectivity index (χ3v) is 3.62. The third-order valence-electron chi connectivity index (χ3n) is 3.62. The van der Waals surface area contributed by atoms with Gasteiger partial charge in [0, 0.05) is 12.8 Å². The zero-order valence-corrected chi connectivity index (χ0v) is 12.7. The Morgan fingerprint density at radius 2 is 1.94 bits per heavy atom.